The van der Waals surface area contributed by atoms with Gasteiger partial charge in [0.1, 0.15) is 0 Å². The van der Waals surface area contributed by atoms with E-state index in [2.05, 4.69) is 63.6 Å². The van der Waals surface area contributed by atoms with Crippen molar-refractivity contribution in [3.63, 3.8) is 0 Å². The Morgan fingerprint density at radius 3 is 1.89 bits per heavy atom. The molecule has 0 aliphatic carbocycles. The fourth-order valence-electron chi connectivity index (χ4n) is 5.13. The summed E-state index contributed by atoms with van der Waals surface area (Å²) in [6.45, 7) is 10.1. The highest BCUT2D eigenvalue weighted by Crippen LogP contribution is 2.32. The van der Waals surface area contributed by atoms with Crippen LogP contribution in [-0.4, -0.2) is 55.4 Å². The van der Waals surface area contributed by atoms with E-state index in [0.717, 1.165) is 59.4 Å². The number of hydrogen-bond acceptors (Lipinski definition) is 6. The van der Waals surface area contributed by atoms with Gasteiger partial charge in [-0.1, -0.05) is 36.4 Å². The molecule has 4 aromatic rings. The lowest BCUT2D eigenvalue weighted by Crippen LogP contribution is -2.35. The quantitative estimate of drug-likeness (QED) is 0.426. The van der Waals surface area contributed by atoms with Crippen molar-refractivity contribution in [2.24, 2.45) is 5.92 Å². The van der Waals surface area contributed by atoms with Crippen molar-refractivity contribution in [2.75, 3.05) is 49.1 Å². The topological polar surface area (TPSA) is 70.6 Å². The van der Waals surface area contributed by atoms with Crippen molar-refractivity contribution in [3.05, 3.63) is 72.1 Å². The molecule has 2 aromatic heterocycles. The molecule has 0 spiro atoms. The second-order valence-corrected chi connectivity index (χ2v) is 9.49. The number of anilines is 2. The van der Waals surface area contributed by atoms with Gasteiger partial charge in [-0.05, 0) is 45.0 Å². The molecule has 36 heavy (non-hydrogen) atoms. The Labute approximate surface area is 212 Å². The summed E-state index contributed by atoms with van der Waals surface area (Å²) in [5.41, 5.74) is 6.35. The molecule has 0 atom stereocenters. The molecule has 7 heteroatoms. The summed E-state index contributed by atoms with van der Waals surface area (Å²) < 4.78 is 5.64. The number of benzene rings is 2. The number of rotatable bonds is 5. The molecule has 5 rings (SSSR count). The number of para-hydroxylation sites is 2. The SMILES string of the molecule is CCNC(=O)OCC1CN(c2cc(C)nc3ccccc23)CCN(c2cc(C)nc3ccccc23)C1. The van der Waals surface area contributed by atoms with Crippen molar-refractivity contribution in [1.82, 2.24) is 15.3 Å². The summed E-state index contributed by atoms with van der Waals surface area (Å²) in [6.07, 6.45) is -0.366. The van der Waals surface area contributed by atoms with Crippen LogP contribution >= 0.6 is 0 Å². The molecule has 1 N–H and O–H groups in total. The Morgan fingerprint density at radius 2 is 1.39 bits per heavy atom. The van der Waals surface area contributed by atoms with Crippen molar-refractivity contribution < 1.29 is 9.53 Å². The first-order valence-corrected chi connectivity index (χ1v) is 12.6. The van der Waals surface area contributed by atoms with E-state index in [4.69, 9.17) is 14.7 Å². The predicted octanol–water partition coefficient (Wildman–Crippen LogP) is 5.09. The lowest BCUT2D eigenvalue weighted by atomic mass is 10.1. The average molecular weight is 484 g/mol. The van der Waals surface area contributed by atoms with E-state index in [1.807, 2.05) is 32.9 Å². The maximum absolute atomic E-state index is 12.1. The van der Waals surface area contributed by atoms with Crippen LogP contribution < -0.4 is 15.1 Å². The van der Waals surface area contributed by atoms with Crippen molar-refractivity contribution >= 4 is 39.3 Å². The summed E-state index contributed by atoms with van der Waals surface area (Å²) in [5.74, 6) is 0.120. The van der Waals surface area contributed by atoms with Crippen molar-refractivity contribution in [3.8, 4) is 0 Å². The van der Waals surface area contributed by atoms with Gasteiger partial charge in [0, 0.05) is 72.2 Å². The number of aryl methyl sites for hydroxylation is 2. The van der Waals surface area contributed by atoms with Gasteiger partial charge in [-0.2, -0.15) is 0 Å². The van der Waals surface area contributed by atoms with E-state index in [1.54, 1.807) is 0 Å². The highest BCUT2D eigenvalue weighted by Gasteiger charge is 2.27. The number of carbonyl (C=O) groups excluding carboxylic acids is 1. The molecule has 0 radical (unpaired) electrons. The van der Waals surface area contributed by atoms with Gasteiger partial charge >= 0.3 is 6.09 Å². The van der Waals surface area contributed by atoms with Crippen LogP contribution in [0, 0.1) is 19.8 Å². The normalized spacial score (nSPS) is 14.8. The van der Waals surface area contributed by atoms with Crippen LogP contribution in [0.4, 0.5) is 16.2 Å². The number of carbonyl (C=O) groups is 1. The fraction of sp³-hybridized carbons (Fsp3) is 0.345. The van der Waals surface area contributed by atoms with Gasteiger partial charge in [0.25, 0.3) is 0 Å². The van der Waals surface area contributed by atoms with Crippen LogP contribution in [0.25, 0.3) is 21.8 Å². The van der Waals surface area contributed by atoms with Crippen LogP contribution in [0.1, 0.15) is 18.3 Å². The van der Waals surface area contributed by atoms with Crippen molar-refractivity contribution in [2.45, 2.75) is 20.8 Å². The molecule has 0 bridgehead atoms. The number of hydrogen-bond donors (Lipinski definition) is 1. The summed E-state index contributed by atoms with van der Waals surface area (Å²) >= 11 is 0. The molecule has 186 valence electrons. The van der Waals surface area contributed by atoms with Gasteiger partial charge in [0.15, 0.2) is 0 Å². The Bertz CT molecular complexity index is 1290. The number of amides is 1. The number of alkyl carbamates (subject to hydrolysis) is 1. The minimum absolute atomic E-state index is 0.120. The van der Waals surface area contributed by atoms with E-state index < -0.39 is 0 Å². The van der Waals surface area contributed by atoms with Crippen LogP contribution in [0.3, 0.4) is 0 Å². The average Bonchev–Trinajstić information content (AvgIpc) is 3.09. The molecular formula is C29H33N5O2. The van der Waals surface area contributed by atoms with Gasteiger partial charge < -0.3 is 19.9 Å². The minimum atomic E-state index is -0.366. The fourth-order valence-corrected chi connectivity index (χ4v) is 5.13. The number of pyridine rings is 2. The van der Waals surface area contributed by atoms with Crippen LogP contribution in [0.15, 0.2) is 60.7 Å². The molecule has 0 unspecified atom stereocenters. The number of nitrogens with zero attached hydrogens (tertiary/aromatic N) is 4. The van der Waals surface area contributed by atoms with Gasteiger partial charge in [-0.3, -0.25) is 9.97 Å². The van der Waals surface area contributed by atoms with E-state index in [1.165, 1.54) is 11.4 Å². The second-order valence-electron chi connectivity index (χ2n) is 9.49. The van der Waals surface area contributed by atoms with E-state index in [9.17, 15) is 4.79 Å². The Hall–Kier alpha value is -3.87. The van der Waals surface area contributed by atoms with Gasteiger partial charge in [0.05, 0.1) is 17.6 Å². The number of fused-ring (bicyclic) bond motifs is 2. The molecule has 0 saturated carbocycles. The third kappa shape index (κ3) is 5.05. The monoisotopic (exact) mass is 483 g/mol. The molecule has 1 amide bonds. The molecule has 1 saturated heterocycles. The smallest absolute Gasteiger partial charge is 0.407 e. The summed E-state index contributed by atoms with van der Waals surface area (Å²) in [7, 11) is 0. The third-order valence-corrected chi connectivity index (χ3v) is 6.69. The predicted molar refractivity (Wildman–Crippen MR) is 146 cm³/mol. The Morgan fingerprint density at radius 1 is 0.889 bits per heavy atom. The van der Waals surface area contributed by atoms with Gasteiger partial charge in [0.2, 0.25) is 0 Å². The highest BCUT2D eigenvalue weighted by molar-refractivity contribution is 5.93. The third-order valence-electron chi connectivity index (χ3n) is 6.69. The second kappa shape index (κ2) is 10.4. The summed E-state index contributed by atoms with van der Waals surface area (Å²) in [5, 5.41) is 5.03. The Balaban J connectivity index is 1.51. The highest BCUT2D eigenvalue weighted by atomic mass is 16.5. The summed E-state index contributed by atoms with van der Waals surface area (Å²) in [4.78, 5) is 26.5. The van der Waals surface area contributed by atoms with E-state index in [-0.39, 0.29) is 12.0 Å². The number of nitrogens with one attached hydrogen (secondary N) is 1. The molecule has 7 nitrogen and oxygen atoms in total. The molecular weight excluding hydrogens is 450 g/mol. The molecule has 3 heterocycles. The lowest BCUT2D eigenvalue weighted by Gasteiger charge is -2.27. The zero-order valence-electron chi connectivity index (χ0n) is 21.2. The zero-order valence-corrected chi connectivity index (χ0v) is 21.2. The first kappa shape index (κ1) is 23.9. The maximum Gasteiger partial charge on any atom is 0.407 e. The molecule has 1 aliphatic rings. The lowest BCUT2D eigenvalue weighted by molar-refractivity contribution is 0.130. The standard InChI is InChI=1S/C29H33N5O2/c1-4-30-29(35)36-19-22-17-33(27-15-20(2)31-25-11-7-5-9-23(25)27)13-14-34(18-22)28-16-21(3)32-26-12-8-6-10-24(26)28/h5-12,15-16,22H,4,13-14,17-19H2,1-3H3,(H,30,35). The van der Waals surface area contributed by atoms with E-state index in [0.29, 0.717) is 13.2 Å². The minimum Gasteiger partial charge on any atom is -0.449 e. The molecule has 1 fully saturated rings. The van der Waals surface area contributed by atoms with Gasteiger partial charge in [-0.15, -0.1) is 0 Å². The summed E-state index contributed by atoms with van der Waals surface area (Å²) in [6, 6.07) is 20.9. The van der Waals surface area contributed by atoms with Crippen LogP contribution in [-0.2, 0) is 4.74 Å². The number of aromatic nitrogens is 2. The van der Waals surface area contributed by atoms with Crippen LogP contribution in [0.2, 0.25) is 0 Å². The first-order chi connectivity index (χ1) is 17.5. The van der Waals surface area contributed by atoms with Crippen LogP contribution in [0.5, 0.6) is 0 Å². The largest absolute Gasteiger partial charge is 0.449 e. The molecule has 2 aromatic carbocycles. The van der Waals surface area contributed by atoms with Crippen molar-refractivity contribution in [1.29, 1.82) is 0 Å². The Kier molecular flexibility index (Phi) is 6.89. The molecule has 1 aliphatic heterocycles. The number of ether oxygens (including phenoxy) is 1. The first-order valence-electron chi connectivity index (χ1n) is 12.6. The van der Waals surface area contributed by atoms with E-state index >= 15 is 0 Å². The van der Waals surface area contributed by atoms with Gasteiger partial charge in [-0.25, -0.2) is 4.79 Å². The maximum atomic E-state index is 12.1. The zero-order chi connectivity index (χ0) is 25.1.